The third-order valence-electron chi connectivity index (χ3n) is 5.37. The number of carbonyl (C=O) groups is 1. The normalized spacial score (nSPS) is 16.3. The summed E-state index contributed by atoms with van der Waals surface area (Å²) in [7, 11) is 0. The average Bonchev–Trinajstić information content (AvgIpc) is 3.45. The molecule has 3 aromatic rings. The molecule has 1 fully saturated rings. The highest BCUT2D eigenvalue weighted by atomic mass is 32.1. The van der Waals surface area contributed by atoms with Crippen LogP contribution in [0.2, 0.25) is 0 Å². The van der Waals surface area contributed by atoms with E-state index >= 15 is 0 Å². The molecular weight excluding hydrogens is 384 g/mol. The van der Waals surface area contributed by atoms with Gasteiger partial charge >= 0.3 is 0 Å². The Hall–Kier alpha value is -2.44. The molecule has 1 aromatic carbocycles. The van der Waals surface area contributed by atoms with Gasteiger partial charge in [0.25, 0.3) is 0 Å². The monoisotopic (exact) mass is 410 g/mol. The van der Waals surface area contributed by atoms with Crippen LogP contribution in [0.1, 0.15) is 40.3 Å². The van der Waals surface area contributed by atoms with E-state index in [-0.39, 0.29) is 18.5 Å². The number of aryl methyl sites for hydroxylation is 2. The Morgan fingerprint density at radius 3 is 2.72 bits per heavy atom. The Labute approximate surface area is 175 Å². The van der Waals surface area contributed by atoms with Crippen LogP contribution in [0.4, 0.5) is 0 Å². The van der Waals surface area contributed by atoms with Gasteiger partial charge in [0.05, 0.1) is 6.10 Å². The Morgan fingerprint density at radius 1 is 1.28 bits per heavy atom. The lowest BCUT2D eigenvalue weighted by Gasteiger charge is -2.14. The van der Waals surface area contributed by atoms with Crippen LogP contribution in [-0.2, 0) is 11.3 Å². The molecule has 0 radical (unpaired) electrons. The van der Waals surface area contributed by atoms with Crippen LogP contribution in [0.5, 0.6) is 5.75 Å². The highest BCUT2D eigenvalue weighted by molar-refractivity contribution is 7.13. The number of ketones is 1. The quantitative estimate of drug-likeness (QED) is 0.516. The third kappa shape index (κ3) is 4.43. The second-order valence-corrected chi connectivity index (χ2v) is 8.42. The standard InChI is InChI=1S/C23H26N2O3S/c1-15-14-29-23(24-15)18-6-8-19(9-7-18)28-13-22(26)21-11-16(2)25(17(21)3)12-20-5-4-10-27-20/h6-9,11,14,20H,4-5,10,12-13H2,1-3H3/t20-/m1/s1. The van der Waals surface area contributed by atoms with Gasteiger partial charge in [0, 0.05) is 46.7 Å². The van der Waals surface area contributed by atoms with E-state index in [4.69, 9.17) is 9.47 Å². The zero-order chi connectivity index (χ0) is 20.4. The lowest BCUT2D eigenvalue weighted by Crippen LogP contribution is -2.18. The molecule has 3 heterocycles. The minimum absolute atomic E-state index is 0.00341. The average molecular weight is 411 g/mol. The van der Waals surface area contributed by atoms with E-state index < -0.39 is 0 Å². The predicted molar refractivity (Wildman–Crippen MR) is 115 cm³/mol. The number of rotatable bonds is 7. The lowest BCUT2D eigenvalue weighted by atomic mass is 10.1. The van der Waals surface area contributed by atoms with Gasteiger partial charge in [-0.15, -0.1) is 11.3 Å². The van der Waals surface area contributed by atoms with Crippen molar-refractivity contribution in [1.29, 1.82) is 0 Å². The molecule has 4 rings (SSSR count). The maximum absolute atomic E-state index is 12.8. The smallest absolute Gasteiger partial charge is 0.202 e. The van der Waals surface area contributed by atoms with Gasteiger partial charge in [0.2, 0.25) is 5.78 Å². The van der Waals surface area contributed by atoms with Gasteiger partial charge in [0.1, 0.15) is 10.8 Å². The summed E-state index contributed by atoms with van der Waals surface area (Å²) >= 11 is 1.62. The molecule has 1 aliphatic rings. The first-order valence-corrected chi connectivity index (χ1v) is 10.9. The zero-order valence-electron chi connectivity index (χ0n) is 17.1. The molecule has 0 bridgehead atoms. The number of nitrogens with zero attached hydrogens (tertiary/aromatic N) is 2. The molecule has 1 aliphatic heterocycles. The third-order valence-corrected chi connectivity index (χ3v) is 6.38. The molecule has 0 aliphatic carbocycles. The van der Waals surface area contributed by atoms with Gasteiger partial charge in [-0.1, -0.05) is 0 Å². The van der Waals surface area contributed by atoms with Crippen molar-refractivity contribution in [3.8, 4) is 16.3 Å². The van der Waals surface area contributed by atoms with Crippen molar-refractivity contribution in [2.75, 3.05) is 13.2 Å². The minimum atomic E-state index is -0.00341. The Bertz CT molecular complexity index is 998. The van der Waals surface area contributed by atoms with Gasteiger partial charge in [-0.3, -0.25) is 4.79 Å². The van der Waals surface area contributed by atoms with Crippen molar-refractivity contribution < 1.29 is 14.3 Å². The molecule has 1 atom stereocenters. The Balaban J connectivity index is 1.39. The van der Waals surface area contributed by atoms with Crippen molar-refractivity contribution in [1.82, 2.24) is 9.55 Å². The predicted octanol–water partition coefficient (Wildman–Crippen LogP) is 4.98. The van der Waals surface area contributed by atoms with Crippen molar-refractivity contribution in [2.24, 2.45) is 0 Å². The Kier molecular flexibility index (Phi) is 5.83. The maximum atomic E-state index is 12.8. The fraction of sp³-hybridized carbons (Fsp3) is 0.391. The number of benzene rings is 1. The molecule has 29 heavy (non-hydrogen) atoms. The highest BCUT2D eigenvalue weighted by Gasteiger charge is 2.21. The number of hydrogen-bond acceptors (Lipinski definition) is 5. The van der Waals surface area contributed by atoms with Gasteiger partial charge in [-0.25, -0.2) is 4.98 Å². The molecule has 5 nitrogen and oxygen atoms in total. The van der Waals surface area contributed by atoms with Gasteiger partial charge in [0.15, 0.2) is 6.61 Å². The summed E-state index contributed by atoms with van der Waals surface area (Å²) in [5.41, 5.74) is 4.88. The summed E-state index contributed by atoms with van der Waals surface area (Å²) in [4.78, 5) is 17.2. The summed E-state index contributed by atoms with van der Waals surface area (Å²) in [5.74, 6) is 0.680. The summed E-state index contributed by atoms with van der Waals surface area (Å²) in [6.45, 7) is 7.70. The first kappa shape index (κ1) is 19.9. The number of carbonyl (C=O) groups excluding carboxylic acids is 1. The summed E-state index contributed by atoms with van der Waals surface area (Å²) < 4.78 is 13.7. The molecular formula is C23H26N2O3S. The number of ether oxygens (including phenoxy) is 2. The van der Waals surface area contributed by atoms with E-state index in [1.165, 1.54) is 0 Å². The first-order chi connectivity index (χ1) is 14.0. The maximum Gasteiger partial charge on any atom is 0.202 e. The van der Waals surface area contributed by atoms with E-state index in [1.807, 2.05) is 56.5 Å². The fourth-order valence-corrected chi connectivity index (χ4v) is 4.57. The highest BCUT2D eigenvalue weighted by Crippen LogP contribution is 2.26. The van der Waals surface area contributed by atoms with E-state index in [2.05, 4.69) is 9.55 Å². The van der Waals surface area contributed by atoms with Crippen LogP contribution in [0.3, 0.4) is 0 Å². The number of Topliss-reactive ketones (excluding diaryl/α,β-unsaturated/α-hetero) is 1. The number of thiazole rings is 1. The molecule has 0 unspecified atom stereocenters. The second-order valence-electron chi connectivity index (χ2n) is 7.56. The largest absolute Gasteiger partial charge is 0.485 e. The minimum Gasteiger partial charge on any atom is -0.485 e. The van der Waals surface area contributed by atoms with Gasteiger partial charge in [-0.05, 0) is 63.9 Å². The fourth-order valence-electron chi connectivity index (χ4n) is 3.76. The molecule has 6 heteroatoms. The van der Waals surface area contributed by atoms with Gasteiger partial charge < -0.3 is 14.0 Å². The van der Waals surface area contributed by atoms with Crippen LogP contribution in [0, 0.1) is 20.8 Å². The SMILES string of the molecule is Cc1csc(-c2ccc(OCC(=O)c3cc(C)n(C[C@H]4CCCO4)c3C)cc2)n1. The Morgan fingerprint density at radius 2 is 2.07 bits per heavy atom. The number of hydrogen-bond donors (Lipinski definition) is 0. The van der Waals surface area contributed by atoms with Crippen molar-refractivity contribution in [3.63, 3.8) is 0 Å². The van der Waals surface area contributed by atoms with Crippen molar-refractivity contribution in [3.05, 3.63) is 58.4 Å². The van der Waals surface area contributed by atoms with Crippen molar-refractivity contribution in [2.45, 2.75) is 46.3 Å². The van der Waals surface area contributed by atoms with Crippen LogP contribution >= 0.6 is 11.3 Å². The molecule has 152 valence electrons. The lowest BCUT2D eigenvalue weighted by molar-refractivity contribution is 0.0914. The first-order valence-electron chi connectivity index (χ1n) is 9.98. The molecule has 1 saturated heterocycles. The second kappa shape index (κ2) is 8.51. The van der Waals surface area contributed by atoms with E-state index in [0.29, 0.717) is 5.75 Å². The topological polar surface area (TPSA) is 53.4 Å². The van der Waals surface area contributed by atoms with Crippen molar-refractivity contribution >= 4 is 17.1 Å². The summed E-state index contributed by atoms with van der Waals surface area (Å²) in [5, 5.41) is 3.03. The molecule has 0 spiro atoms. The molecule has 0 N–H and O–H groups in total. The van der Waals surface area contributed by atoms with Gasteiger partial charge in [-0.2, -0.15) is 0 Å². The number of aromatic nitrogens is 2. The van der Waals surface area contributed by atoms with Crippen LogP contribution in [-0.4, -0.2) is 34.7 Å². The molecule has 0 amide bonds. The van der Waals surface area contributed by atoms with E-state index in [9.17, 15) is 4.79 Å². The zero-order valence-corrected chi connectivity index (χ0v) is 17.9. The molecule has 0 saturated carbocycles. The van der Waals surface area contributed by atoms with Crippen LogP contribution in [0.25, 0.3) is 10.6 Å². The van der Waals surface area contributed by atoms with Crippen LogP contribution < -0.4 is 4.74 Å². The van der Waals surface area contributed by atoms with E-state index in [1.54, 1.807) is 11.3 Å². The van der Waals surface area contributed by atoms with E-state index in [0.717, 1.165) is 59.2 Å². The molecule has 2 aromatic heterocycles. The van der Waals surface area contributed by atoms with Crippen LogP contribution in [0.15, 0.2) is 35.7 Å². The summed E-state index contributed by atoms with van der Waals surface area (Å²) in [6.07, 6.45) is 2.45. The summed E-state index contributed by atoms with van der Waals surface area (Å²) in [6, 6.07) is 9.70.